The molecule has 1 unspecified atom stereocenters. The predicted octanol–water partition coefficient (Wildman–Crippen LogP) is 3.95. The molecular formula is C15H19NO4. The maximum Gasteiger partial charge on any atom is 0.306 e. The lowest BCUT2D eigenvalue weighted by Crippen LogP contribution is -2.10. The van der Waals surface area contributed by atoms with Crippen LogP contribution in [0.3, 0.4) is 0 Å². The van der Waals surface area contributed by atoms with Gasteiger partial charge in [-0.1, -0.05) is 18.2 Å². The van der Waals surface area contributed by atoms with Crippen molar-refractivity contribution in [2.45, 2.75) is 38.7 Å². The lowest BCUT2D eigenvalue weighted by atomic mass is 10.1. The number of rotatable bonds is 8. The number of para-hydroxylation sites is 1. The van der Waals surface area contributed by atoms with Crippen LogP contribution in [-0.2, 0) is 9.53 Å². The molecule has 5 heteroatoms. The van der Waals surface area contributed by atoms with Gasteiger partial charge in [0.05, 0.1) is 10.5 Å². The summed E-state index contributed by atoms with van der Waals surface area (Å²) in [7, 11) is 0. The molecule has 1 aromatic carbocycles. The molecule has 0 radical (unpaired) electrons. The van der Waals surface area contributed by atoms with Crippen molar-refractivity contribution in [1.29, 1.82) is 0 Å². The molecule has 0 N–H and O–H groups in total. The minimum atomic E-state index is -0.622. The highest BCUT2D eigenvalue weighted by Gasteiger charge is 2.20. The normalized spacial score (nSPS) is 11.7. The molecule has 5 nitrogen and oxygen atoms in total. The van der Waals surface area contributed by atoms with Crippen LogP contribution in [0.4, 0.5) is 5.69 Å². The fourth-order valence-electron chi connectivity index (χ4n) is 1.88. The summed E-state index contributed by atoms with van der Waals surface area (Å²) < 4.78 is 5.24. The van der Waals surface area contributed by atoms with E-state index in [0.29, 0.717) is 12.0 Å². The lowest BCUT2D eigenvalue weighted by molar-refractivity contribution is -0.386. The van der Waals surface area contributed by atoms with Crippen LogP contribution < -0.4 is 0 Å². The van der Waals surface area contributed by atoms with E-state index in [0.717, 1.165) is 19.3 Å². The van der Waals surface area contributed by atoms with Crippen molar-refractivity contribution in [2.24, 2.45) is 0 Å². The molecule has 0 amide bonds. The lowest BCUT2D eigenvalue weighted by Gasteiger charge is -2.13. The Kier molecular flexibility index (Phi) is 6.43. The van der Waals surface area contributed by atoms with E-state index in [1.165, 1.54) is 6.07 Å². The topological polar surface area (TPSA) is 69.4 Å². The molecule has 1 rings (SSSR count). The summed E-state index contributed by atoms with van der Waals surface area (Å²) in [4.78, 5) is 22.1. The van der Waals surface area contributed by atoms with Gasteiger partial charge in [-0.3, -0.25) is 14.9 Å². The quantitative estimate of drug-likeness (QED) is 0.237. The van der Waals surface area contributed by atoms with Crippen LogP contribution in [0.25, 0.3) is 0 Å². The first-order valence-corrected chi connectivity index (χ1v) is 6.60. The Bertz CT molecular complexity index is 485. The van der Waals surface area contributed by atoms with Gasteiger partial charge in [0.25, 0.3) is 5.69 Å². The van der Waals surface area contributed by atoms with Crippen molar-refractivity contribution in [3.63, 3.8) is 0 Å². The standard InChI is InChI=1S/C15H19NO4/c1-3-4-5-6-11-15(17)20-12(2)13-9-7-8-10-14(13)16(18)19/h3,7-10,12H,1,4-6,11H2,2H3. The third kappa shape index (κ3) is 4.84. The number of ether oxygens (including phenoxy) is 1. The van der Waals surface area contributed by atoms with Gasteiger partial charge in [0, 0.05) is 12.5 Å². The van der Waals surface area contributed by atoms with Crippen LogP contribution in [0, 0.1) is 10.1 Å². The third-order valence-electron chi connectivity index (χ3n) is 2.92. The molecule has 0 aliphatic heterocycles. The van der Waals surface area contributed by atoms with E-state index in [9.17, 15) is 14.9 Å². The number of benzene rings is 1. The molecule has 20 heavy (non-hydrogen) atoms. The van der Waals surface area contributed by atoms with Crippen molar-refractivity contribution in [1.82, 2.24) is 0 Å². The Morgan fingerprint density at radius 3 is 2.80 bits per heavy atom. The van der Waals surface area contributed by atoms with Gasteiger partial charge in [-0.05, 0) is 32.3 Å². The number of carbonyl (C=O) groups is 1. The van der Waals surface area contributed by atoms with E-state index in [1.807, 2.05) is 0 Å². The smallest absolute Gasteiger partial charge is 0.306 e. The largest absolute Gasteiger partial charge is 0.458 e. The Morgan fingerprint density at radius 2 is 2.15 bits per heavy atom. The van der Waals surface area contributed by atoms with E-state index in [-0.39, 0.29) is 11.7 Å². The van der Waals surface area contributed by atoms with Crippen molar-refractivity contribution in [3.05, 3.63) is 52.6 Å². The van der Waals surface area contributed by atoms with Crippen LogP contribution in [-0.4, -0.2) is 10.9 Å². The molecule has 0 spiro atoms. The van der Waals surface area contributed by atoms with E-state index in [1.54, 1.807) is 31.2 Å². The molecule has 108 valence electrons. The van der Waals surface area contributed by atoms with Gasteiger partial charge in [0.15, 0.2) is 0 Å². The summed E-state index contributed by atoms with van der Waals surface area (Å²) >= 11 is 0. The zero-order chi connectivity index (χ0) is 15.0. The average Bonchev–Trinajstić information content (AvgIpc) is 2.43. The number of nitro benzene ring substituents is 1. The third-order valence-corrected chi connectivity index (χ3v) is 2.92. The van der Waals surface area contributed by atoms with Gasteiger partial charge in [0.1, 0.15) is 6.10 Å². The molecule has 0 aliphatic carbocycles. The summed E-state index contributed by atoms with van der Waals surface area (Å²) in [6.07, 6.45) is 3.99. The second kappa shape index (κ2) is 8.09. The summed E-state index contributed by atoms with van der Waals surface area (Å²) in [6, 6.07) is 6.29. The summed E-state index contributed by atoms with van der Waals surface area (Å²) in [6.45, 7) is 5.25. The van der Waals surface area contributed by atoms with Gasteiger partial charge in [-0.15, -0.1) is 6.58 Å². The summed E-state index contributed by atoms with van der Waals surface area (Å²) in [5.74, 6) is -0.334. The number of carbonyl (C=O) groups excluding carboxylic acids is 1. The number of nitrogens with zero attached hydrogens (tertiary/aromatic N) is 1. The molecule has 0 fully saturated rings. The molecule has 1 atom stereocenters. The maximum absolute atomic E-state index is 11.7. The van der Waals surface area contributed by atoms with E-state index >= 15 is 0 Å². The Morgan fingerprint density at radius 1 is 1.45 bits per heavy atom. The Labute approximate surface area is 118 Å². The minimum absolute atomic E-state index is 0.0283. The maximum atomic E-state index is 11.7. The van der Waals surface area contributed by atoms with Gasteiger partial charge < -0.3 is 4.74 Å². The molecule has 1 aromatic rings. The molecular weight excluding hydrogens is 258 g/mol. The number of unbranched alkanes of at least 4 members (excludes halogenated alkanes) is 2. The first-order chi connectivity index (χ1) is 9.56. The van der Waals surface area contributed by atoms with Crippen LogP contribution in [0.2, 0.25) is 0 Å². The van der Waals surface area contributed by atoms with Crippen LogP contribution in [0.15, 0.2) is 36.9 Å². The minimum Gasteiger partial charge on any atom is -0.458 e. The highest BCUT2D eigenvalue weighted by Crippen LogP contribution is 2.27. The van der Waals surface area contributed by atoms with E-state index < -0.39 is 11.0 Å². The summed E-state index contributed by atoms with van der Waals surface area (Å²) in [5, 5.41) is 10.9. The molecule has 0 aromatic heterocycles. The van der Waals surface area contributed by atoms with Crippen LogP contribution in [0.5, 0.6) is 0 Å². The van der Waals surface area contributed by atoms with Gasteiger partial charge >= 0.3 is 5.97 Å². The van der Waals surface area contributed by atoms with Gasteiger partial charge in [-0.2, -0.15) is 0 Å². The van der Waals surface area contributed by atoms with Gasteiger partial charge in [0.2, 0.25) is 0 Å². The Hall–Kier alpha value is -2.17. The first-order valence-electron chi connectivity index (χ1n) is 6.60. The average molecular weight is 277 g/mol. The highest BCUT2D eigenvalue weighted by atomic mass is 16.6. The molecule has 0 aliphatic rings. The second-order valence-electron chi connectivity index (χ2n) is 4.48. The number of esters is 1. The number of allylic oxidation sites excluding steroid dienone is 1. The van der Waals surface area contributed by atoms with E-state index in [2.05, 4.69) is 6.58 Å². The fourth-order valence-corrected chi connectivity index (χ4v) is 1.88. The van der Waals surface area contributed by atoms with Gasteiger partial charge in [-0.25, -0.2) is 0 Å². The highest BCUT2D eigenvalue weighted by molar-refractivity contribution is 5.69. The van der Waals surface area contributed by atoms with Crippen LogP contribution >= 0.6 is 0 Å². The monoisotopic (exact) mass is 277 g/mol. The van der Waals surface area contributed by atoms with E-state index in [4.69, 9.17) is 4.74 Å². The zero-order valence-electron chi connectivity index (χ0n) is 11.6. The number of hydrogen-bond donors (Lipinski definition) is 0. The van der Waals surface area contributed by atoms with Crippen molar-refractivity contribution >= 4 is 11.7 Å². The second-order valence-corrected chi connectivity index (χ2v) is 4.48. The fraction of sp³-hybridized carbons (Fsp3) is 0.400. The number of hydrogen-bond acceptors (Lipinski definition) is 4. The van der Waals surface area contributed by atoms with Crippen molar-refractivity contribution in [2.75, 3.05) is 0 Å². The molecule has 0 saturated heterocycles. The zero-order valence-corrected chi connectivity index (χ0v) is 11.6. The molecule has 0 bridgehead atoms. The predicted molar refractivity (Wildman–Crippen MR) is 76.3 cm³/mol. The molecule has 0 heterocycles. The first kappa shape index (κ1) is 15.9. The van der Waals surface area contributed by atoms with Crippen LogP contribution in [0.1, 0.15) is 44.3 Å². The summed E-state index contributed by atoms with van der Waals surface area (Å²) in [5.41, 5.74) is 0.386. The molecule has 0 saturated carbocycles. The SMILES string of the molecule is C=CCCCCC(=O)OC(C)c1ccccc1[N+](=O)[O-]. The van der Waals surface area contributed by atoms with Crippen molar-refractivity contribution in [3.8, 4) is 0 Å². The van der Waals surface area contributed by atoms with Crippen molar-refractivity contribution < 1.29 is 14.5 Å². The Balaban J connectivity index is 2.58. The number of nitro groups is 1.